The molecule has 1 atom stereocenters. The summed E-state index contributed by atoms with van der Waals surface area (Å²) in [5, 5.41) is 0. The van der Waals surface area contributed by atoms with Gasteiger partial charge in [0.25, 0.3) is 0 Å². The molecule has 6 nitrogen and oxygen atoms in total. The van der Waals surface area contributed by atoms with Gasteiger partial charge in [0.15, 0.2) is 9.84 Å². The molecule has 0 radical (unpaired) electrons. The fraction of sp³-hybridized carbons (Fsp3) is 0.636. The molecule has 1 aliphatic carbocycles. The first-order valence-electron chi connectivity index (χ1n) is 6.16. The lowest BCUT2D eigenvalue weighted by Gasteiger charge is -2.12. The van der Waals surface area contributed by atoms with Crippen molar-refractivity contribution in [1.82, 2.24) is 9.97 Å². The monoisotopic (exact) mass is 268 g/mol. The van der Waals surface area contributed by atoms with Crippen molar-refractivity contribution >= 4 is 15.7 Å². The maximum atomic E-state index is 11.5. The van der Waals surface area contributed by atoms with E-state index in [1.54, 1.807) is 0 Å². The minimum absolute atomic E-state index is 0.0759. The highest BCUT2D eigenvalue weighted by atomic mass is 32.2. The third-order valence-electron chi connectivity index (χ3n) is 3.68. The zero-order valence-electron chi connectivity index (χ0n) is 10.0. The average Bonchev–Trinajstić information content (AvgIpc) is 2.93. The van der Waals surface area contributed by atoms with E-state index in [0.29, 0.717) is 18.1 Å². The Kier molecular flexibility index (Phi) is 2.74. The van der Waals surface area contributed by atoms with Crippen molar-refractivity contribution in [3.05, 3.63) is 17.1 Å². The van der Waals surface area contributed by atoms with Crippen molar-refractivity contribution in [3.8, 4) is 0 Å². The molecular formula is C11H16N4O2S. The molecule has 1 saturated heterocycles. The molecule has 2 aliphatic rings. The largest absolute Gasteiger partial charge is 0.308 e. The smallest absolute Gasteiger partial charge is 0.151 e. The minimum Gasteiger partial charge on any atom is -0.308 e. The van der Waals surface area contributed by atoms with Gasteiger partial charge in [-0.1, -0.05) is 0 Å². The van der Waals surface area contributed by atoms with Gasteiger partial charge in [-0.15, -0.1) is 0 Å². The minimum atomic E-state index is -2.91. The molecule has 0 spiro atoms. The number of rotatable bonds is 2. The number of anilines is 1. The van der Waals surface area contributed by atoms with Crippen LogP contribution in [-0.2, 0) is 22.7 Å². The van der Waals surface area contributed by atoms with Gasteiger partial charge in [-0.05, 0) is 25.7 Å². The standard InChI is InChI=1S/C11H16N4O2S/c12-15-11-8-2-1-3-9(8)13-10(14-11)7-4-5-18(16,17)6-7/h7H,1-6,12H2,(H,13,14,15). The molecule has 2 heterocycles. The van der Waals surface area contributed by atoms with Crippen LogP contribution in [0.4, 0.5) is 5.82 Å². The molecule has 3 rings (SSSR count). The Morgan fingerprint density at radius 1 is 1.28 bits per heavy atom. The van der Waals surface area contributed by atoms with Gasteiger partial charge in [-0.25, -0.2) is 24.2 Å². The highest BCUT2D eigenvalue weighted by Gasteiger charge is 2.32. The first-order valence-corrected chi connectivity index (χ1v) is 7.98. The fourth-order valence-corrected chi connectivity index (χ4v) is 4.49. The van der Waals surface area contributed by atoms with E-state index in [0.717, 1.165) is 30.5 Å². The number of aryl methyl sites for hydroxylation is 1. The number of nitrogen functional groups attached to an aromatic ring is 1. The Bertz CT molecular complexity index is 585. The highest BCUT2D eigenvalue weighted by molar-refractivity contribution is 7.91. The maximum Gasteiger partial charge on any atom is 0.151 e. The number of fused-ring (bicyclic) bond motifs is 1. The maximum absolute atomic E-state index is 11.5. The molecule has 3 N–H and O–H groups in total. The van der Waals surface area contributed by atoms with Crippen molar-refractivity contribution in [2.45, 2.75) is 31.6 Å². The SMILES string of the molecule is NNc1nc(C2CCS(=O)(=O)C2)nc2c1CCC2. The van der Waals surface area contributed by atoms with Crippen LogP contribution in [0.25, 0.3) is 0 Å². The summed E-state index contributed by atoms with van der Waals surface area (Å²) >= 11 is 0. The summed E-state index contributed by atoms with van der Waals surface area (Å²) in [6.45, 7) is 0. The molecule has 98 valence electrons. The number of hydrogen-bond acceptors (Lipinski definition) is 6. The van der Waals surface area contributed by atoms with Crippen molar-refractivity contribution in [2.24, 2.45) is 5.84 Å². The lowest BCUT2D eigenvalue weighted by Crippen LogP contribution is -2.16. The second kappa shape index (κ2) is 4.17. The van der Waals surface area contributed by atoms with Crippen LogP contribution >= 0.6 is 0 Å². The van der Waals surface area contributed by atoms with Crippen LogP contribution in [0.5, 0.6) is 0 Å². The van der Waals surface area contributed by atoms with E-state index in [4.69, 9.17) is 5.84 Å². The van der Waals surface area contributed by atoms with E-state index in [2.05, 4.69) is 15.4 Å². The van der Waals surface area contributed by atoms with Crippen LogP contribution in [0.2, 0.25) is 0 Å². The molecule has 0 bridgehead atoms. The van der Waals surface area contributed by atoms with Gasteiger partial charge in [0.05, 0.1) is 11.5 Å². The average molecular weight is 268 g/mol. The first-order chi connectivity index (χ1) is 8.59. The van der Waals surface area contributed by atoms with Crippen LogP contribution in [0.3, 0.4) is 0 Å². The summed E-state index contributed by atoms with van der Waals surface area (Å²) in [5.41, 5.74) is 4.72. The third kappa shape index (κ3) is 1.97. The lowest BCUT2D eigenvalue weighted by atomic mass is 10.1. The predicted molar refractivity (Wildman–Crippen MR) is 67.9 cm³/mol. The first kappa shape index (κ1) is 11.9. The predicted octanol–water partition coefficient (Wildman–Crippen LogP) is 0.153. The third-order valence-corrected chi connectivity index (χ3v) is 5.45. The molecule has 1 aliphatic heterocycles. The van der Waals surface area contributed by atoms with Crippen LogP contribution in [0, 0.1) is 0 Å². The molecule has 0 saturated carbocycles. The van der Waals surface area contributed by atoms with E-state index < -0.39 is 9.84 Å². The van der Waals surface area contributed by atoms with Gasteiger partial charge < -0.3 is 5.43 Å². The summed E-state index contributed by atoms with van der Waals surface area (Å²) < 4.78 is 23.0. The van der Waals surface area contributed by atoms with Crippen molar-refractivity contribution in [2.75, 3.05) is 16.9 Å². The molecule has 1 fully saturated rings. The summed E-state index contributed by atoms with van der Waals surface area (Å²) in [5.74, 6) is 7.10. The zero-order chi connectivity index (χ0) is 12.8. The molecule has 1 aromatic heterocycles. The van der Waals surface area contributed by atoms with Crippen LogP contribution in [0.1, 0.15) is 35.8 Å². The second-order valence-electron chi connectivity index (χ2n) is 4.95. The molecule has 7 heteroatoms. The van der Waals surface area contributed by atoms with E-state index in [1.165, 1.54) is 0 Å². The molecule has 1 unspecified atom stereocenters. The van der Waals surface area contributed by atoms with Crippen LogP contribution in [0.15, 0.2) is 0 Å². The Labute approximate surface area is 106 Å². The summed E-state index contributed by atoms with van der Waals surface area (Å²) in [6.07, 6.45) is 3.55. The Morgan fingerprint density at radius 3 is 2.78 bits per heavy atom. The number of hydrazine groups is 1. The zero-order valence-corrected chi connectivity index (χ0v) is 10.8. The van der Waals surface area contributed by atoms with E-state index >= 15 is 0 Å². The van der Waals surface area contributed by atoms with Gasteiger partial charge >= 0.3 is 0 Å². The van der Waals surface area contributed by atoms with Crippen LogP contribution < -0.4 is 11.3 Å². The Balaban J connectivity index is 1.99. The molecule has 0 aromatic carbocycles. The topological polar surface area (TPSA) is 98.0 Å². The van der Waals surface area contributed by atoms with E-state index in [1.807, 2.05) is 0 Å². The van der Waals surface area contributed by atoms with Crippen molar-refractivity contribution in [1.29, 1.82) is 0 Å². The molecule has 0 amide bonds. The molecule has 18 heavy (non-hydrogen) atoms. The Morgan fingerprint density at radius 2 is 2.11 bits per heavy atom. The lowest BCUT2D eigenvalue weighted by molar-refractivity contribution is 0.601. The second-order valence-corrected chi connectivity index (χ2v) is 7.18. The van der Waals surface area contributed by atoms with Crippen LogP contribution in [-0.4, -0.2) is 29.9 Å². The van der Waals surface area contributed by atoms with Crippen molar-refractivity contribution in [3.63, 3.8) is 0 Å². The summed E-state index contributed by atoms with van der Waals surface area (Å²) in [4.78, 5) is 8.94. The number of nitrogens with two attached hydrogens (primary N) is 1. The van der Waals surface area contributed by atoms with E-state index in [-0.39, 0.29) is 17.4 Å². The van der Waals surface area contributed by atoms with Gasteiger partial charge in [-0.3, -0.25) is 0 Å². The summed E-state index contributed by atoms with van der Waals surface area (Å²) in [6, 6.07) is 0. The van der Waals surface area contributed by atoms with Gasteiger partial charge in [0, 0.05) is 17.2 Å². The summed E-state index contributed by atoms with van der Waals surface area (Å²) in [7, 11) is -2.91. The van der Waals surface area contributed by atoms with Gasteiger partial charge in [0.1, 0.15) is 11.6 Å². The Hall–Kier alpha value is -1.21. The molecular weight excluding hydrogens is 252 g/mol. The van der Waals surface area contributed by atoms with Crippen molar-refractivity contribution < 1.29 is 8.42 Å². The number of aromatic nitrogens is 2. The van der Waals surface area contributed by atoms with Gasteiger partial charge in [0.2, 0.25) is 0 Å². The van der Waals surface area contributed by atoms with E-state index in [9.17, 15) is 8.42 Å². The number of hydrogen-bond donors (Lipinski definition) is 2. The number of sulfone groups is 1. The van der Waals surface area contributed by atoms with Gasteiger partial charge in [-0.2, -0.15) is 0 Å². The number of nitrogens with one attached hydrogen (secondary N) is 1. The fourth-order valence-electron chi connectivity index (χ4n) is 2.75. The number of nitrogens with zero attached hydrogens (tertiary/aromatic N) is 2. The highest BCUT2D eigenvalue weighted by Crippen LogP contribution is 2.31. The molecule has 1 aromatic rings. The quantitative estimate of drug-likeness (QED) is 0.585. The normalized spacial score (nSPS) is 25.1.